The van der Waals surface area contributed by atoms with Crippen molar-refractivity contribution in [2.45, 2.75) is 26.4 Å². The van der Waals surface area contributed by atoms with Crippen LogP contribution in [0.15, 0.2) is 18.2 Å². The fraction of sp³-hybridized carbons (Fsp3) is 0.333. The molecule has 0 radical (unpaired) electrons. The van der Waals surface area contributed by atoms with Gasteiger partial charge in [-0.1, -0.05) is 19.1 Å². The van der Waals surface area contributed by atoms with Crippen LogP contribution in [0, 0.1) is 0 Å². The SMILES string of the molecule is CCC(=O)NOCc1c(C(=O)O)cccc1C(F)F. The lowest BCUT2D eigenvalue weighted by Crippen LogP contribution is -2.23. The van der Waals surface area contributed by atoms with Gasteiger partial charge in [-0.3, -0.25) is 9.63 Å². The Balaban J connectivity index is 2.95. The van der Waals surface area contributed by atoms with Crippen molar-refractivity contribution in [2.75, 3.05) is 0 Å². The van der Waals surface area contributed by atoms with Crippen LogP contribution in [0.1, 0.15) is 41.3 Å². The van der Waals surface area contributed by atoms with Gasteiger partial charge in [0, 0.05) is 17.5 Å². The minimum Gasteiger partial charge on any atom is -0.478 e. The second kappa shape index (κ2) is 6.79. The molecule has 5 nitrogen and oxygen atoms in total. The van der Waals surface area contributed by atoms with Crippen molar-refractivity contribution < 1.29 is 28.3 Å². The molecule has 104 valence electrons. The second-order valence-corrected chi connectivity index (χ2v) is 3.65. The highest BCUT2D eigenvalue weighted by Gasteiger charge is 2.19. The maximum atomic E-state index is 12.8. The third-order valence-electron chi connectivity index (χ3n) is 2.40. The first-order valence-corrected chi connectivity index (χ1v) is 5.51. The monoisotopic (exact) mass is 273 g/mol. The number of carbonyl (C=O) groups excluding carboxylic acids is 1. The molecule has 0 saturated carbocycles. The highest BCUT2D eigenvalue weighted by molar-refractivity contribution is 5.89. The van der Waals surface area contributed by atoms with E-state index in [2.05, 4.69) is 0 Å². The first kappa shape index (κ1) is 15.0. The van der Waals surface area contributed by atoms with Crippen LogP contribution in [-0.4, -0.2) is 17.0 Å². The Kier molecular flexibility index (Phi) is 5.37. The number of benzene rings is 1. The summed E-state index contributed by atoms with van der Waals surface area (Å²) in [5, 5.41) is 8.94. The third-order valence-corrected chi connectivity index (χ3v) is 2.40. The quantitative estimate of drug-likeness (QED) is 0.780. The van der Waals surface area contributed by atoms with Crippen molar-refractivity contribution in [3.8, 4) is 0 Å². The number of nitrogens with one attached hydrogen (secondary N) is 1. The molecule has 0 bridgehead atoms. The Morgan fingerprint density at radius 1 is 1.42 bits per heavy atom. The summed E-state index contributed by atoms with van der Waals surface area (Å²) >= 11 is 0. The van der Waals surface area contributed by atoms with Gasteiger partial charge in [0.15, 0.2) is 0 Å². The van der Waals surface area contributed by atoms with E-state index in [1.54, 1.807) is 6.92 Å². The van der Waals surface area contributed by atoms with Crippen LogP contribution in [0.3, 0.4) is 0 Å². The topological polar surface area (TPSA) is 75.6 Å². The third kappa shape index (κ3) is 3.99. The van der Waals surface area contributed by atoms with Crippen LogP contribution < -0.4 is 5.48 Å². The lowest BCUT2D eigenvalue weighted by Gasteiger charge is -2.12. The summed E-state index contributed by atoms with van der Waals surface area (Å²) in [6.07, 6.45) is -2.65. The molecule has 0 saturated heterocycles. The molecule has 1 aromatic carbocycles. The van der Waals surface area contributed by atoms with Gasteiger partial charge in [-0.15, -0.1) is 0 Å². The van der Waals surface area contributed by atoms with Gasteiger partial charge < -0.3 is 5.11 Å². The van der Waals surface area contributed by atoms with E-state index in [0.717, 1.165) is 6.07 Å². The lowest BCUT2D eigenvalue weighted by atomic mass is 10.0. The van der Waals surface area contributed by atoms with Crippen molar-refractivity contribution in [2.24, 2.45) is 0 Å². The van der Waals surface area contributed by atoms with Gasteiger partial charge >= 0.3 is 5.97 Å². The van der Waals surface area contributed by atoms with Gasteiger partial charge in [0.2, 0.25) is 5.91 Å². The fourth-order valence-electron chi connectivity index (χ4n) is 1.43. The smallest absolute Gasteiger partial charge is 0.336 e. The van der Waals surface area contributed by atoms with E-state index in [1.807, 2.05) is 5.48 Å². The van der Waals surface area contributed by atoms with E-state index in [0.29, 0.717) is 0 Å². The molecule has 0 aliphatic heterocycles. The molecule has 0 fully saturated rings. The van der Waals surface area contributed by atoms with Gasteiger partial charge in [-0.25, -0.2) is 19.1 Å². The molecular formula is C12H13F2NO4. The van der Waals surface area contributed by atoms with E-state index in [1.165, 1.54) is 12.1 Å². The number of rotatable bonds is 6. The molecule has 0 aromatic heterocycles. The van der Waals surface area contributed by atoms with Gasteiger partial charge in [0.25, 0.3) is 6.43 Å². The summed E-state index contributed by atoms with van der Waals surface area (Å²) in [4.78, 5) is 26.7. The van der Waals surface area contributed by atoms with Crippen molar-refractivity contribution in [3.05, 3.63) is 34.9 Å². The zero-order valence-electron chi connectivity index (χ0n) is 10.2. The van der Waals surface area contributed by atoms with Crippen molar-refractivity contribution >= 4 is 11.9 Å². The molecular weight excluding hydrogens is 260 g/mol. The largest absolute Gasteiger partial charge is 0.478 e. The standard InChI is InChI=1S/C12H13F2NO4/c1-2-10(16)15-19-6-9-7(11(13)14)4-3-5-8(9)12(17)18/h3-5,11H,2,6H2,1H3,(H,15,16)(H,17,18). The lowest BCUT2D eigenvalue weighted by molar-refractivity contribution is -0.134. The molecule has 0 atom stereocenters. The summed E-state index contributed by atoms with van der Waals surface area (Å²) in [5.41, 5.74) is 1.19. The summed E-state index contributed by atoms with van der Waals surface area (Å²) in [6, 6.07) is 3.56. The number of hydrogen-bond donors (Lipinski definition) is 2. The van der Waals surface area contributed by atoms with E-state index < -0.39 is 30.5 Å². The number of alkyl halides is 2. The molecule has 1 aromatic rings. The van der Waals surface area contributed by atoms with E-state index in [9.17, 15) is 18.4 Å². The first-order chi connectivity index (χ1) is 8.97. The molecule has 0 aliphatic rings. The zero-order valence-corrected chi connectivity index (χ0v) is 10.2. The molecule has 0 heterocycles. The average molecular weight is 273 g/mol. The van der Waals surface area contributed by atoms with Crippen LogP contribution in [0.25, 0.3) is 0 Å². The number of amides is 1. The summed E-state index contributed by atoms with van der Waals surface area (Å²) < 4.78 is 25.6. The van der Waals surface area contributed by atoms with Gasteiger partial charge in [-0.2, -0.15) is 0 Å². The Hall–Kier alpha value is -2.02. The molecule has 1 amide bonds. The second-order valence-electron chi connectivity index (χ2n) is 3.65. The highest BCUT2D eigenvalue weighted by atomic mass is 19.3. The predicted molar refractivity (Wildman–Crippen MR) is 61.6 cm³/mol. The first-order valence-electron chi connectivity index (χ1n) is 5.51. The Morgan fingerprint density at radius 3 is 2.63 bits per heavy atom. The molecule has 19 heavy (non-hydrogen) atoms. The molecule has 7 heteroatoms. The maximum absolute atomic E-state index is 12.8. The van der Waals surface area contributed by atoms with Crippen LogP contribution in [0.5, 0.6) is 0 Å². The highest BCUT2D eigenvalue weighted by Crippen LogP contribution is 2.26. The predicted octanol–water partition coefficient (Wildman–Crippen LogP) is 2.28. The number of aromatic carboxylic acids is 1. The Morgan fingerprint density at radius 2 is 2.11 bits per heavy atom. The minimum atomic E-state index is -2.82. The molecule has 1 rings (SSSR count). The fourth-order valence-corrected chi connectivity index (χ4v) is 1.43. The van der Waals surface area contributed by atoms with Crippen molar-refractivity contribution in [3.63, 3.8) is 0 Å². The van der Waals surface area contributed by atoms with Crippen LogP contribution in [0.2, 0.25) is 0 Å². The van der Waals surface area contributed by atoms with Crippen LogP contribution >= 0.6 is 0 Å². The average Bonchev–Trinajstić information content (AvgIpc) is 2.37. The number of hydrogen-bond acceptors (Lipinski definition) is 3. The van der Waals surface area contributed by atoms with Gasteiger partial charge in [0.1, 0.15) is 6.61 Å². The molecule has 0 aliphatic carbocycles. The van der Waals surface area contributed by atoms with Crippen molar-refractivity contribution in [1.82, 2.24) is 5.48 Å². The number of carboxylic acid groups (broad SMARTS) is 1. The van der Waals surface area contributed by atoms with Crippen LogP contribution in [-0.2, 0) is 16.2 Å². The van der Waals surface area contributed by atoms with Gasteiger partial charge in [0.05, 0.1) is 5.56 Å². The maximum Gasteiger partial charge on any atom is 0.336 e. The summed E-state index contributed by atoms with van der Waals surface area (Å²) in [6.45, 7) is 1.16. The van der Waals surface area contributed by atoms with Crippen LogP contribution in [0.4, 0.5) is 8.78 Å². The number of carboxylic acids is 1. The Bertz CT molecular complexity index is 477. The Labute approximate surface area is 108 Å². The molecule has 2 N–H and O–H groups in total. The summed E-state index contributed by atoms with van der Waals surface area (Å²) in [7, 11) is 0. The molecule has 0 unspecified atom stereocenters. The normalized spacial score (nSPS) is 10.5. The van der Waals surface area contributed by atoms with E-state index in [-0.39, 0.29) is 17.5 Å². The number of carbonyl (C=O) groups is 2. The zero-order chi connectivity index (χ0) is 14.4. The number of halogens is 2. The van der Waals surface area contributed by atoms with E-state index in [4.69, 9.17) is 9.94 Å². The number of hydroxylamine groups is 1. The van der Waals surface area contributed by atoms with Gasteiger partial charge in [-0.05, 0) is 6.07 Å². The summed E-state index contributed by atoms with van der Waals surface area (Å²) in [5.74, 6) is -1.76. The van der Waals surface area contributed by atoms with E-state index >= 15 is 0 Å². The molecule has 0 spiro atoms. The van der Waals surface area contributed by atoms with Crippen molar-refractivity contribution in [1.29, 1.82) is 0 Å². The minimum absolute atomic E-state index is 0.151.